The number of fused-ring (bicyclic) bond motifs is 1. The van der Waals surface area contributed by atoms with Crippen molar-refractivity contribution in [3.8, 4) is 0 Å². The van der Waals surface area contributed by atoms with Gasteiger partial charge in [-0.05, 0) is 37.5 Å². The Hall–Kier alpha value is -1.62. The smallest absolute Gasteiger partial charge is 0.152 e. The fraction of sp³-hybridized carbons (Fsp3) is 0.591. The van der Waals surface area contributed by atoms with Crippen LogP contribution in [0, 0.1) is 5.82 Å². The monoisotopic (exact) mass is 480 g/mol. The van der Waals surface area contributed by atoms with Crippen LogP contribution in [0.3, 0.4) is 0 Å². The molecule has 3 aliphatic heterocycles. The fourth-order valence-electron chi connectivity index (χ4n) is 4.51. The zero-order valence-electron chi connectivity index (χ0n) is 18.0. The van der Waals surface area contributed by atoms with Gasteiger partial charge in [-0.15, -0.1) is 11.8 Å². The summed E-state index contributed by atoms with van der Waals surface area (Å²) in [5, 5.41) is 5.30. The van der Waals surface area contributed by atoms with Crippen LogP contribution in [0.1, 0.15) is 25.0 Å². The van der Waals surface area contributed by atoms with Gasteiger partial charge in [0.2, 0.25) is 0 Å². The van der Waals surface area contributed by atoms with E-state index < -0.39 is 9.84 Å². The zero-order valence-corrected chi connectivity index (χ0v) is 19.6. The summed E-state index contributed by atoms with van der Waals surface area (Å²) < 4.78 is 42.9. The highest BCUT2D eigenvalue weighted by Gasteiger charge is 2.25. The molecule has 2 saturated heterocycles. The number of aromatic amines is 1. The lowest BCUT2D eigenvalue weighted by molar-refractivity contribution is 0.0905. The molecule has 0 bridgehead atoms. The summed E-state index contributed by atoms with van der Waals surface area (Å²) in [6, 6.07) is 5.61. The number of nitrogens with one attached hydrogen (secondary N) is 2. The molecule has 7 nitrogen and oxygen atoms in total. The van der Waals surface area contributed by atoms with E-state index in [-0.39, 0.29) is 29.4 Å². The van der Waals surface area contributed by atoms with Gasteiger partial charge in [0.05, 0.1) is 34.4 Å². The van der Waals surface area contributed by atoms with Gasteiger partial charge >= 0.3 is 0 Å². The molecule has 1 atom stereocenters. The van der Waals surface area contributed by atoms with Gasteiger partial charge in [-0.25, -0.2) is 12.8 Å². The molecule has 1 aromatic carbocycles. The number of ether oxygens (including phenoxy) is 1. The molecule has 5 rings (SSSR count). The molecule has 2 fully saturated rings. The first-order valence-electron chi connectivity index (χ1n) is 11.3. The summed E-state index contributed by atoms with van der Waals surface area (Å²) in [6.45, 7) is 3.57. The number of hydrogen-bond acceptors (Lipinski definition) is 7. The molecule has 1 aromatic heterocycles. The standard InChI is InChI=1S/C22H29FN4O3S2/c23-16-11-15-12-20(26-21(15)19(13-16)24-17-2-7-30-8-3-17)22-25-18(14-31-22)1-4-27-5-9-32(28,29)10-6-27/h11-13,17-18,24,26H,1-10,14H2/t18-/m1/s1. The molecule has 0 unspecified atom stereocenters. The molecule has 174 valence electrons. The number of nitrogens with zero attached hydrogens (tertiary/aromatic N) is 2. The van der Waals surface area contributed by atoms with E-state index in [2.05, 4.69) is 15.2 Å². The maximum absolute atomic E-state index is 14.3. The third-order valence-corrected chi connectivity index (χ3v) is 9.19. The van der Waals surface area contributed by atoms with Gasteiger partial charge in [-0.2, -0.15) is 0 Å². The van der Waals surface area contributed by atoms with Crippen molar-refractivity contribution in [1.82, 2.24) is 9.88 Å². The van der Waals surface area contributed by atoms with Gasteiger partial charge in [0.25, 0.3) is 0 Å². The number of hydrogen-bond donors (Lipinski definition) is 2. The van der Waals surface area contributed by atoms with Gasteiger partial charge < -0.3 is 19.9 Å². The largest absolute Gasteiger partial charge is 0.381 e. The van der Waals surface area contributed by atoms with E-state index in [0.29, 0.717) is 13.1 Å². The Morgan fingerprint density at radius 1 is 1.22 bits per heavy atom. The van der Waals surface area contributed by atoms with Crippen molar-refractivity contribution in [3.63, 3.8) is 0 Å². The van der Waals surface area contributed by atoms with E-state index in [1.807, 2.05) is 6.07 Å². The van der Waals surface area contributed by atoms with E-state index in [1.54, 1.807) is 23.9 Å². The molecular weight excluding hydrogens is 451 g/mol. The van der Waals surface area contributed by atoms with Crippen molar-refractivity contribution in [2.45, 2.75) is 31.3 Å². The number of halogens is 1. The molecular formula is C22H29FN4O3S2. The van der Waals surface area contributed by atoms with Crippen LogP contribution in [0.15, 0.2) is 23.2 Å². The summed E-state index contributed by atoms with van der Waals surface area (Å²) in [7, 11) is -2.84. The van der Waals surface area contributed by atoms with Gasteiger partial charge in [-0.3, -0.25) is 4.99 Å². The third kappa shape index (κ3) is 5.13. The Labute approximate surface area is 192 Å². The van der Waals surface area contributed by atoms with Crippen LogP contribution in [0.2, 0.25) is 0 Å². The van der Waals surface area contributed by atoms with Crippen LogP contribution >= 0.6 is 11.8 Å². The summed E-state index contributed by atoms with van der Waals surface area (Å²) in [5.41, 5.74) is 2.63. The highest BCUT2D eigenvalue weighted by Crippen LogP contribution is 2.31. The van der Waals surface area contributed by atoms with Crippen molar-refractivity contribution in [2.24, 2.45) is 4.99 Å². The van der Waals surface area contributed by atoms with Gasteiger partial charge in [0.1, 0.15) is 10.9 Å². The average molecular weight is 481 g/mol. The lowest BCUT2D eigenvalue weighted by Gasteiger charge is -2.26. The first kappa shape index (κ1) is 22.2. The number of anilines is 1. The summed E-state index contributed by atoms with van der Waals surface area (Å²) in [6.07, 6.45) is 2.75. The Balaban J connectivity index is 1.26. The number of benzene rings is 1. The molecule has 0 amide bonds. The Kier molecular flexibility index (Phi) is 6.46. The van der Waals surface area contributed by atoms with E-state index in [1.165, 1.54) is 0 Å². The van der Waals surface area contributed by atoms with Crippen molar-refractivity contribution in [2.75, 3.05) is 55.4 Å². The molecule has 0 aliphatic carbocycles. The van der Waals surface area contributed by atoms with Crippen molar-refractivity contribution < 1.29 is 17.5 Å². The van der Waals surface area contributed by atoms with Crippen molar-refractivity contribution in [3.05, 3.63) is 29.7 Å². The maximum Gasteiger partial charge on any atom is 0.152 e. The number of rotatable bonds is 6. The SMILES string of the molecule is O=S1(=O)CCN(CC[C@@H]2CSC(c3cc4cc(F)cc(NC5CCOCC5)c4[nH]3)=N2)CC1. The molecule has 2 aromatic rings. The molecule has 0 radical (unpaired) electrons. The molecule has 2 N–H and O–H groups in total. The molecule has 4 heterocycles. The quantitative estimate of drug-likeness (QED) is 0.661. The lowest BCUT2D eigenvalue weighted by atomic mass is 10.1. The second-order valence-corrected chi connectivity index (χ2v) is 12.1. The summed E-state index contributed by atoms with van der Waals surface area (Å²) >= 11 is 1.72. The second kappa shape index (κ2) is 9.32. The highest BCUT2D eigenvalue weighted by atomic mass is 32.2. The normalized spacial score (nSPS) is 24.7. The second-order valence-electron chi connectivity index (χ2n) is 8.81. The maximum atomic E-state index is 14.3. The molecule has 0 spiro atoms. The predicted molar refractivity (Wildman–Crippen MR) is 128 cm³/mol. The number of aliphatic imine (C=N–C) groups is 1. The Bertz CT molecular complexity index is 1100. The summed E-state index contributed by atoms with van der Waals surface area (Å²) in [5.74, 6) is 1.19. The van der Waals surface area contributed by atoms with Crippen LogP contribution in [-0.2, 0) is 14.6 Å². The molecule has 0 saturated carbocycles. The Morgan fingerprint density at radius 2 is 2.00 bits per heavy atom. The van der Waals surface area contributed by atoms with Crippen molar-refractivity contribution >= 4 is 43.2 Å². The number of H-pyrrole nitrogens is 1. The van der Waals surface area contributed by atoms with E-state index >= 15 is 0 Å². The number of sulfone groups is 1. The summed E-state index contributed by atoms with van der Waals surface area (Å²) in [4.78, 5) is 10.6. The highest BCUT2D eigenvalue weighted by molar-refractivity contribution is 8.14. The van der Waals surface area contributed by atoms with Gasteiger partial charge in [0.15, 0.2) is 9.84 Å². The topological polar surface area (TPSA) is 86.8 Å². The molecule has 3 aliphatic rings. The number of thioether (sulfide) groups is 1. The van der Waals surface area contributed by atoms with Crippen LogP contribution in [-0.4, -0.2) is 85.5 Å². The van der Waals surface area contributed by atoms with Crippen molar-refractivity contribution in [1.29, 1.82) is 0 Å². The lowest BCUT2D eigenvalue weighted by Crippen LogP contribution is -2.41. The van der Waals surface area contributed by atoms with Crippen LogP contribution < -0.4 is 5.32 Å². The van der Waals surface area contributed by atoms with Crippen LogP contribution in [0.25, 0.3) is 10.9 Å². The average Bonchev–Trinajstić information content (AvgIpc) is 3.41. The molecule has 10 heteroatoms. The molecule has 32 heavy (non-hydrogen) atoms. The minimum atomic E-state index is -2.84. The van der Waals surface area contributed by atoms with Gasteiger partial charge in [0, 0.05) is 50.0 Å². The first-order valence-corrected chi connectivity index (χ1v) is 14.1. The first-order chi connectivity index (χ1) is 15.4. The zero-order chi connectivity index (χ0) is 22.1. The van der Waals surface area contributed by atoms with Crippen LogP contribution in [0.4, 0.5) is 10.1 Å². The Morgan fingerprint density at radius 3 is 2.78 bits per heavy atom. The van der Waals surface area contributed by atoms with Gasteiger partial charge in [-0.1, -0.05) is 0 Å². The fourth-order valence-corrected chi connectivity index (χ4v) is 6.87. The van der Waals surface area contributed by atoms with E-state index in [0.717, 1.165) is 72.1 Å². The minimum Gasteiger partial charge on any atom is -0.381 e. The van der Waals surface area contributed by atoms with E-state index in [9.17, 15) is 12.8 Å². The van der Waals surface area contributed by atoms with Crippen LogP contribution in [0.5, 0.6) is 0 Å². The third-order valence-electron chi connectivity index (χ3n) is 6.43. The predicted octanol–water partition coefficient (Wildman–Crippen LogP) is 2.88. The minimum absolute atomic E-state index is 0.219. The van der Waals surface area contributed by atoms with E-state index in [4.69, 9.17) is 9.73 Å². The number of aromatic nitrogens is 1.